The SMILES string of the molecule is O=C(Nc1ccc(CNC(=O)C2(c3cccc(Cl)c3)CCOCC2)cc1)c1ccco1. The van der Waals surface area contributed by atoms with E-state index in [2.05, 4.69) is 10.6 Å². The molecule has 0 spiro atoms. The van der Waals surface area contributed by atoms with Gasteiger partial charge in [0.2, 0.25) is 5.91 Å². The van der Waals surface area contributed by atoms with Crippen molar-refractivity contribution in [1.29, 1.82) is 0 Å². The molecule has 2 aromatic carbocycles. The third-order valence-corrected chi connectivity index (χ3v) is 5.80. The predicted molar refractivity (Wildman–Crippen MR) is 118 cm³/mol. The number of nitrogens with one attached hydrogen (secondary N) is 2. The van der Waals surface area contributed by atoms with E-state index in [4.69, 9.17) is 20.8 Å². The molecule has 2 N–H and O–H groups in total. The van der Waals surface area contributed by atoms with Gasteiger partial charge in [0.1, 0.15) is 0 Å². The average molecular weight is 439 g/mol. The maximum absolute atomic E-state index is 13.3. The number of halogens is 1. The number of ether oxygens (including phenoxy) is 1. The molecule has 2 heterocycles. The van der Waals surface area contributed by atoms with Crippen LogP contribution in [0.3, 0.4) is 0 Å². The first kappa shape index (κ1) is 21.2. The molecule has 0 bridgehead atoms. The fraction of sp³-hybridized carbons (Fsp3) is 0.250. The van der Waals surface area contributed by atoms with E-state index in [1.54, 1.807) is 24.3 Å². The van der Waals surface area contributed by atoms with Crippen molar-refractivity contribution in [1.82, 2.24) is 5.32 Å². The number of amides is 2. The van der Waals surface area contributed by atoms with Gasteiger partial charge in [-0.2, -0.15) is 0 Å². The van der Waals surface area contributed by atoms with Gasteiger partial charge in [-0.25, -0.2) is 0 Å². The van der Waals surface area contributed by atoms with Crippen molar-refractivity contribution in [2.75, 3.05) is 18.5 Å². The molecule has 160 valence electrons. The molecular weight excluding hydrogens is 416 g/mol. The van der Waals surface area contributed by atoms with Gasteiger partial charge in [-0.3, -0.25) is 9.59 Å². The Morgan fingerprint density at radius 2 is 1.77 bits per heavy atom. The van der Waals surface area contributed by atoms with Gasteiger partial charge in [0.25, 0.3) is 5.91 Å². The van der Waals surface area contributed by atoms with E-state index in [9.17, 15) is 9.59 Å². The molecule has 7 heteroatoms. The highest BCUT2D eigenvalue weighted by Crippen LogP contribution is 2.36. The van der Waals surface area contributed by atoms with E-state index in [0.29, 0.717) is 43.3 Å². The summed E-state index contributed by atoms with van der Waals surface area (Å²) < 4.78 is 10.6. The van der Waals surface area contributed by atoms with Gasteiger partial charge < -0.3 is 19.8 Å². The Labute approximate surface area is 185 Å². The summed E-state index contributed by atoms with van der Waals surface area (Å²) in [6, 6.07) is 18.1. The molecule has 6 nitrogen and oxygen atoms in total. The van der Waals surface area contributed by atoms with Gasteiger partial charge in [0.05, 0.1) is 11.7 Å². The van der Waals surface area contributed by atoms with Crippen LogP contribution in [0.2, 0.25) is 5.02 Å². The number of carbonyl (C=O) groups is 2. The van der Waals surface area contributed by atoms with Crippen molar-refractivity contribution < 1.29 is 18.7 Å². The Hall–Kier alpha value is -3.09. The van der Waals surface area contributed by atoms with Gasteiger partial charge in [0.15, 0.2) is 5.76 Å². The summed E-state index contributed by atoms with van der Waals surface area (Å²) in [7, 11) is 0. The van der Waals surface area contributed by atoms with Gasteiger partial charge in [-0.05, 0) is 60.4 Å². The number of furan rings is 1. The lowest BCUT2D eigenvalue weighted by atomic mass is 9.73. The fourth-order valence-electron chi connectivity index (χ4n) is 3.81. The average Bonchev–Trinajstić information content (AvgIpc) is 3.34. The van der Waals surface area contributed by atoms with Crippen molar-refractivity contribution in [3.63, 3.8) is 0 Å². The zero-order chi connectivity index (χ0) is 21.7. The smallest absolute Gasteiger partial charge is 0.291 e. The topological polar surface area (TPSA) is 80.6 Å². The molecule has 1 fully saturated rings. The highest BCUT2D eigenvalue weighted by molar-refractivity contribution is 6.30. The van der Waals surface area contributed by atoms with Crippen LogP contribution in [0.4, 0.5) is 5.69 Å². The van der Waals surface area contributed by atoms with Crippen LogP contribution in [0.15, 0.2) is 71.3 Å². The number of anilines is 1. The summed E-state index contributed by atoms with van der Waals surface area (Å²) in [5, 5.41) is 6.46. The highest BCUT2D eigenvalue weighted by Gasteiger charge is 2.41. The maximum Gasteiger partial charge on any atom is 0.291 e. The Morgan fingerprint density at radius 3 is 2.45 bits per heavy atom. The number of carbonyl (C=O) groups excluding carboxylic acids is 2. The second-order valence-corrected chi connectivity index (χ2v) is 7.95. The molecule has 1 saturated heterocycles. The van der Waals surface area contributed by atoms with Crippen molar-refractivity contribution >= 4 is 29.1 Å². The number of hydrogen-bond donors (Lipinski definition) is 2. The predicted octanol–water partition coefficient (Wildman–Crippen LogP) is 4.55. The van der Waals surface area contributed by atoms with E-state index < -0.39 is 5.41 Å². The van der Waals surface area contributed by atoms with Gasteiger partial charge in [-0.15, -0.1) is 0 Å². The van der Waals surface area contributed by atoms with Crippen molar-refractivity contribution in [2.24, 2.45) is 0 Å². The second kappa shape index (κ2) is 9.37. The van der Waals surface area contributed by atoms with E-state index in [1.165, 1.54) is 6.26 Å². The first-order chi connectivity index (χ1) is 15.1. The molecule has 0 aliphatic carbocycles. The van der Waals surface area contributed by atoms with Gasteiger partial charge in [-0.1, -0.05) is 35.9 Å². The molecule has 0 radical (unpaired) electrons. The summed E-state index contributed by atoms with van der Waals surface area (Å²) >= 11 is 6.19. The van der Waals surface area contributed by atoms with Crippen LogP contribution in [0, 0.1) is 0 Å². The molecule has 31 heavy (non-hydrogen) atoms. The molecule has 4 rings (SSSR count). The Morgan fingerprint density at radius 1 is 1.00 bits per heavy atom. The minimum absolute atomic E-state index is 0.0340. The number of rotatable bonds is 6. The van der Waals surface area contributed by atoms with Crippen LogP contribution in [-0.4, -0.2) is 25.0 Å². The summed E-state index contributed by atoms with van der Waals surface area (Å²) in [5.41, 5.74) is 1.84. The molecule has 2 amide bonds. The molecule has 1 aliphatic heterocycles. The van der Waals surface area contributed by atoms with Crippen LogP contribution in [0.1, 0.15) is 34.5 Å². The summed E-state index contributed by atoms with van der Waals surface area (Å²) in [4.78, 5) is 25.3. The van der Waals surface area contributed by atoms with Crippen LogP contribution in [0.5, 0.6) is 0 Å². The molecule has 1 aromatic heterocycles. The molecule has 0 atom stereocenters. The van der Waals surface area contributed by atoms with Crippen molar-refractivity contribution in [3.05, 3.63) is 88.8 Å². The Balaban J connectivity index is 1.41. The molecule has 1 aliphatic rings. The van der Waals surface area contributed by atoms with E-state index in [-0.39, 0.29) is 17.6 Å². The summed E-state index contributed by atoms with van der Waals surface area (Å²) in [6.07, 6.45) is 2.67. The van der Waals surface area contributed by atoms with Gasteiger partial charge in [0, 0.05) is 30.5 Å². The fourth-order valence-corrected chi connectivity index (χ4v) is 4.00. The quantitative estimate of drug-likeness (QED) is 0.591. The number of benzene rings is 2. The first-order valence-corrected chi connectivity index (χ1v) is 10.5. The second-order valence-electron chi connectivity index (χ2n) is 7.52. The largest absolute Gasteiger partial charge is 0.459 e. The van der Waals surface area contributed by atoms with Crippen molar-refractivity contribution in [2.45, 2.75) is 24.8 Å². The minimum atomic E-state index is -0.653. The van der Waals surface area contributed by atoms with Crippen LogP contribution in [0.25, 0.3) is 0 Å². The molecule has 0 unspecified atom stereocenters. The minimum Gasteiger partial charge on any atom is -0.459 e. The lowest BCUT2D eigenvalue weighted by molar-refractivity contribution is -0.130. The number of hydrogen-bond acceptors (Lipinski definition) is 4. The summed E-state index contributed by atoms with van der Waals surface area (Å²) in [6.45, 7) is 1.45. The van der Waals surface area contributed by atoms with Crippen molar-refractivity contribution in [3.8, 4) is 0 Å². The lowest BCUT2D eigenvalue weighted by Crippen LogP contribution is -2.47. The Bertz CT molecular complexity index is 1040. The monoisotopic (exact) mass is 438 g/mol. The van der Waals surface area contributed by atoms with Gasteiger partial charge >= 0.3 is 0 Å². The lowest BCUT2D eigenvalue weighted by Gasteiger charge is -2.36. The summed E-state index contributed by atoms with van der Waals surface area (Å²) in [5.74, 6) is -0.0959. The third kappa shape index (κ3) is 4.81. The van der Waals surface area contributed by atoms with E-state index in [0.717, 1.165) is 11.1 Å². The highest BCUT2D eigenvalue weighted by atomic mass is 35.5. The molecule has 0 saturated carbocycles. The standard InChI is InChI=1S/C24H23ClN2O4/c25-19-4-1-3-18(15-19)24(10-13-30-14-11-24)23(29)26-16-17-6-8-20(9-7-17)27-22(28)21-5-2-12-31-21/h1-9,12,15H,10-11,13-14,16H2,(H,26,29)(H,27,28). The molecule has 3 aromatic rings. The Kier molecular flexibility index (Phi) is 6.39. The normalized spacial score (nSPS) is 15.3. The van der Waals surface area contributed by atoms with E-state index in [1.807, 2.05) is 36.4 Å². The first-order valence-electron chi connectivity index (χ1n) is 10.1. The van der Waals surface area contributed by atoms with Crippen LogP contribution in [-0.2, 0) is 21.5 Å². The van der Waals surface area contributed by atoms with Crippen LogP contribution >= 0.6 is 11.6 Å². The zero-order valence-corrected chi connectivity index (χ0v) is 17.7. The maximum atomic E-state index is 13.3. The molecular formula is C24H23ClN2O4. The van der Waals surface area contributed by atoms with Crippen LogP contribution < -0.4 is 10.6 Å². The van der Waals surface area contributed by atoms with E-state index >= 15 is 0 Å². The zero-order valence-electron chi connectivity index (χ0n) is 16.9. The third-order valence-electron chi connectivity index (χ3n) is 5.57.